The van der Waals surface area contributed by atoms with E-state index in [9.17, 15) is 4.79 Å². The molecule has 27 heavy (non-hydrogen) atoms. The minimum absolute atomic E-state index is 0.0279. The van der Waals surface area contributed by atoms with Crippen LogP contribution < -0.4 is 5.32 Å². The van der Waals surface area contributed by atoms with E-state index in [1.807, 2.05) is 26.0 Å². The summed E-state index contributed by atoms with van der Waals surface area (Å²) < 4.78 is 2.38. The van der Waals surface area contributed by atoms with E-state index in [0.29, 0.717) is 0 Å². The summed E-state index contributed by atoms with van der Waals surface area (Å²) in [6.07, 6.45) is 4.88. The normalized spacial score (nSPS) is 16.3. The summed E-state index contributed by atoms with van der Waals surface area (Å²) in [6.45, 7) is 12.6. The lowest BCUT2D eigenvalue weighted by Crippen LogP contribution is -2.33. The van der Waals surface area contributed by atoms with Crippen LogP contribution in [0, 0.1) is 11.8 Å². The Hall–Kier alpha value is -1.88. The number of aromatic nitrogens is 2. The van der Waals surface area contributed by atoms with Gasteiger partial charge in [-0.1, -0.05) is 34.1 Å². The number of benzene rings is 1. The molecular weight excluding hydrogens is 336 g/mol. The zero-order valence-electron chi connectivity index (χ0n) is 17.3. The Morgan fingerprint density at radius 3 is 2.70 bits per heavy atom. The van der Waals surface area contributed by atoms with E-state index in [1.165, 1.54) is 24.8 Å². The van der Waals surface area contributed by atoms with Crippen LogP contribution in [0.1, 0.15) is 59.2 Å². The van der Waals surface area contributed by atoms with E-state index in [-0.39, 0.29) is 11.8 Å². The number of likely N-dealkylation sites (tertiary alicyclic amines) is 1. The number of hydrogen-bond donors (Lipinski definition) is 1. The van der Waals surface area contributed by atoms with Gasteiger partial charge in [0.15, 0.2) is 0 Å². The number of amides is 1. The fourth-order valence-electron chi connectivity index (χ4n) is 3.65. The Bertz CT molecular complexity index is 772. The van der Waals surface area contributed by atoms with Crippen LogP contribution in [-0.2, 0) is 17.9 Å². The van der Waals surface area contributed by atoms with Gasteiger partial charge in [-0.2, -0.15) is 0 Å². The Labute approximate surface area is 163 Å². The van der Waals surface area contributed by atoms with E-state index in [4.69, 9.17) is 4.98 Å². The van der Waals surface area contributed by atoms with Gasteiger partial charge in [0.05, 0.1) is 17.6 Å². The predicted octanol–water partition coefficient (Wildman–Crippen LogP) is 4.66. The van der Waals surface area contributed by atoms with Crippen LogP contribution in [0.3, 0.4) is 0 Å². The summed E-state index contributed by atoms with van der Waals surface area (Å²) in [7, 11) is 0. The maximum atomic E-state index is 12.0. The average Bonchev–Trinajstić information content (AvgIpc) is 2.98. The van der Waals surface area contributed by atoms with Gasteiger partial charge in [0.25, 0.3) is 0 Å². The maximum Gasteiger partial charge on any atom is 0.226 e. The highest BCUT2D eigenvalue weighted by Crippen LogP contribution is 2.24. The summed E-state index contributed by atoms with van der Waals surface area (Å²) >= 11 is 0. The van der Waals surface area contributed by atoms with Crippen LogP contribution in [0.15, 0.2) is 18.2 Å². The van der Waals surface area contributed by atoms with Crippen LogP contribution in [0.4, 0.5) is 5.69 Å². The molecule has 1 aliphatic heterocycles. The summed E-state index contributed by atoms with van der Waals surface area (Å²) in [5.74, 6) is 2.01. The minimum Gasteiger partial charge on any atom is -0.327 e. The molecule has 0 bridgehead atoms. The van der Waals surface area contributed by atoms with Crippen molar-refractivity contribution >= 4 is 22.6 Å². The first-order valence-electron chi connectivity index (χ1n) is 10.5. The second-order valence-corrected chi connectivity index (χ2v) is 8.34. The lowest BCUT2D eigenvalue weighted by atomic mass is 9.99. The van der Waals surface area contributed by atoms with Gasteiger partial charge in [0, 0.05) is 18.2 Å². The molecule has 0 radical (unpaired) electrons. The van der Waals surface area contributed by atoms with Gasteiger partial charge in [-0.05, 0) is 56.5 Å². The van der Waals surface area contributed by atoms with Gasteiger partial charge in [0.2, 0.25) is 5.91 Å². The maximum absolute atomic E-state index is 12.0. The molecule has 5 nitrogen and oxygen atoms in total. The molecule has 0 spiro atoms. The van der Waals surface area contributed by atoms with Gasteiger partial charge in [0.1, 0.15) is 5.82 Å². The topological polar surface area (TPSA) is 50.2 Å². The number of hydrogen-bond acceptors (Lipinski definition) is 3. The van der Waals surface area contributed by atoms with Crippen LogP contribution in [-0.4, -0.2) is 33.4 Å². The highest BCUT2D eigenvalue weighted by molar-refractivity contribution is 5.94. The first kappa shape index (κ1) is 19.9. The summed E-state index contributed by atoms with van der Waals surface area (Å²) in [4.78, 5) is 19.5. The molecule has 1 saturated heterocycles. The molecule has 148 valence electrons. The summed E-state index contributed by atoms with van der Waals surface area (Å²) in [5, 5.41) is 2.99. The fourth-order valence-corrected chi connectivity index (χ4v) is 3.65. The van der Waals surface area contributed by atoms with Gasteiger partial charge < -0.3 is 9.88 Å². The predicted molar refractivity (Wildman–Crippen MR) is 112 cm³/mol. The molecule has 0 unspecified atom stereocenters. The monoisotopic (exact) mass is 370 g/mol. The molecule has 1 fully saturated rings. The molecular formula is C22H34N4O. The van der Waals surface area contributed by atoms with Gasteiger partial charge in [-0.25, -0.2) is 4.98 Å². The molecule has 2 aromatic rings. The number of aryl methyl sites for hydroxylation is 1. The number of nitrogens with one attached hydrogen (secondary N) is 1. The highest BCUT2D eigenvalue weighted by atomic mass is 16.1. The molecule has 1 aromatic carbocycles. The second-order valence-electron chi connectivity index (χ2n) is 8.34. The van der Waals surface area contributed by atoms with E-state index in [2.05, 4.69) is 34.7 Å². The van der Waals surface area contributed by atoms with Crippen molar-refractivity contribution in [3.63, 3.8) is 0 Å². The molecule has 0 atom stereocenters. The first-order valence-corrected chi connectivity index (χ1v) is 10.5. The minimum atomic E-state index is -0.0279. The number of anilines is 1. The second kappa shape index (κ2) is 8.87. The first-order chi connectivity index (χ1) is 13.0. The van der Waals surface area contributed by atoms with Gasteiger partial charge >= 0.3 is 0 Å². The van der Waals surface area contributed by atoms with Crippen molar-refractivity contribution in [1.82, 2.24) is 14.5 Å². The number of carbonyl (C=O) groups excluding carboxylic acids is 1. The van der Waals surface area contributed by atoms with E-state index in [0.717, 1.165) is 55.5 Å². The number of fused-ring (bicyclic) bond motifs is 1. The largest absolute Gasteiger partial charge is 0.327 e. The van der Waals surface area contributed by atoms with Crippen molar-refractivity contribution in [2.45, 2.75) is 66.5 Å². The van der Waals surface area contributed by atoms with Crippen LogP contribution in [0.2, 0.25) is 0 Å². The van der Waals surface area contributed by atoms with Crippen molar-refractivity contribution in [1.29, 1.82) is 0 Å². The van der Waals surface area contributed by atoms with Crippen molar-refractivity contribution in [2.24, 2.45) is 11.8 Å². The standard InChI is InChI=1S/C22H34N4O/c1-5-6-11-26-20-8-7-18(23-22(27)16(2)3)14-19(20)24-21(26)15-25-12-9-17(4)10-13-25/h7-8,14,16-17H,5-6,9-13,15H2,1-4H3,(H,23,27). The molecule has 1 aliphatic rings. The highest BCUT2D eigenvalue weighted by Gasteiger charge is 2.19. The number of piperidine rings is 1. The quantitative estimate of drug-likeness (QED) is 0.771. The summed E-state index contributed by atoms with van der Waals surface area (Å²) in [5.41, 5.74) is 2.99. The zero-order valence-corrected chi connectivity index (χ0v) is 17.3. The number of imidazole rings is 1. The third-order valence-electron chi connectivity index (χ3n) is 5.60. The summed E-state index contributed by atoms with van der Waals surface area (Å²) in [6, 6.07) is 6.12. The zero-order chi connectivity index (χ0) is 19.4. The van der Waals surface area contributed by atoms with Gasteiger partial charge in [-0.3, -0.25) is 9.69 Å². The average molecular weight is 371 g/mol. The molecule has 2 heterocycles. The van der Waals surface area contributed by atoms with Crippen molar-refractivity contribution in [3.05, 3.63) is 24.0 Å². The molecule has 3 rings (SSSR count). The SMILES string of the molecule is CCCCn1c(CN2CCC(C)CC2)nc2cc(NC(=O)C(C)C)ccc21. The number of nitrogens with zero attached hydrogens (tertiary/aromatic N) is 3. The molecule has 1 N–H and O–H groups in total. The fraction of sp³-hybridized carbons (Fsp3) is 0.636. The lowest BCUT2D eigenvalue weighted by Gasteiger charge is -2.30. The number of unbranched alkanes of at least 4 members (excludes halogenated alkanes) is 1. The van der Waals surface area contributed by atoms with Crippen LogP contribution >= 0.6 is 0 Å². The van der Waals surface area contributed by atoms with Crippen molar-refractivity contribution in [2.75, 3.05) is 18.4 Å². The Morgan fingerprint density at radius 1 is 1.30 bits per heavy atom. The number of rotatable bonds is 7. The number of carbonyl (C=O) groups is 1. The molecule has 1 amide bonds. The van der Waals surface area contributed by atoms with Gasteiger partial charge in [-0.15, -0.1) is 0 Å². The Morgan fingerprint density at radius 2 is 2.04 bits per heavy atom. The third-order valence-corrected chi connectivity index (χ3v) is 5.60. The van der Waals surface area contributed by atoms with Crippen molar-refractivity contribution < 1.29 is 4.79 Å². The van der Waals surface area contributed by atoms with Crippen LogP contribution in [0.5, 0.6) is 0 Å². The van der Waals surface area contributed by atoms with E-state index < -0.39 is 0 Å². The van der Waals surface area contributed by atoms with Crippen molar-refractivity contribution in [3.8, 4) is 0 Å². The van der Waals surface area contributed by atoms with E-state index >= 15 is 0 Å². The molecule has 0 saturated carbocycles. The third kappa shape index (κ3) is 4.89. The molecule has 5 heteroatoms. The van der Waals surface area contributed by atoms with Crippen LogP contribution in [0.25, 0.3) is 11.0 Å². The molecule has 0 aliphatic carbocycles. The van der Waals surface area contributed by atoms with E-state index in [1.54, 1.807) is 0 Å². The Kier molecular flexibility index (Phi) is 6.53. The lowest BCUT2D eigenvalue weighted by molar-refractivity contribution is -0.118. The smallest absolute Gasteiger partial charge is 0.226 e. The molecule has 1 aromatic heterocycles. The Balaban J connectivity index is 1.85.